The van der Waals surface area contributed by atoms with Crippen LogP contribution in [0.3, 0.4) is 0 Å². The van der Waals surface area contributed by atoms with Gasteiger partial charge in [-0.05, 0) is 65.8 Å². The molecule has 0 bridgehead atoms. The Morgan fingerprint density at radius 1 is 1.09 bits per heavy atom. The van der Waals surface area contributed by atoms with Crippen LogP contribution in [0.1, 0.15) is 22.3 Å². The maximum absolute atomic E-state index is 6.23. The van der Waals surface area contributed by atoms with Crippen LogP contribution in [0.5, 0.6) is 5.75 Å². The third-order valence-electron chi connectivity index (χ3n) is 5.87. The molecule has 0 aliphatic carbocycles. The molecule has 0 aliphatic heterocycles. The Bertz CT molecular complexity index is 1400. The van der Waals surface area contributed by atoms with Crippen molar-refractivity contribution >= 4 is 33.6 Å². The Kier molecular flexibility index (Phi) is 5.15. The molecule has 7 nitrogen and oxygen atoms in total. The van der Waals surface area contributed by atoms with E-state index in [9.17, 15) is 0 Å². The quantitative estimate of drug-likeness (QED) is 0.305. The van der Waals surface area contributed by atoms with Gasteiger partial charge in [-0.25, -0.2) is 4.98 Å². The minimum absolute atomic E-state index is 0.504. The van der Waals surface area contributed by atoms with Crippen LogP contribution in [0, 0.1) is 6.92 Å². The van der Waals surface area contributed by atoms with Crippen molar-refractivity contribution in [2.24, 2.45) is 0 Å². The SMILES string of the molecule is COc1cc(C)c2[nH]cc(CCNc3ncc(Cc4ccc5[nH]ccc5c4)c(N)n3)c2c1. The number of aromatic nitrogens is 4. The van der Waals surface area contributed by atoms with E-state index in [-0.39, 0.29) is 0 Å². The number of nitrogen functional groups attached to an aromatic ring is 1. The third kappa shape index (κ3) is 3.85. The van der Waals surface area contributed by atoms with Crippen LogP contribution < -0.4 is 15.8 Å². The second kappa shape index (κ2) is 8.26. The first kappa shape index (κ1) is 19.9. The van der Waals surface area contributed by atoms with E-state index in [1.165, 1.54) is 27.5 Å². The first-order valence-electron chi connectivity index (χ1n) is 10.7. The van der Waals surface area contributed by atoms with Crippen LogP contribution in [0.25, 0.3) is 21.8 Å². The van der Waals surface area contributed by atoms with Gasteiger partial charge >= 0.3 is 0 Å². The lowest BCUT2D eigenvalue weighted by Gasteiger charge is -2.09. The number of nitrogens with zero attached hydrogens (tertiary/aromatic N) is 2. The molecule has 5 rings (SSSR count). The average molecular weight is 427 g/mol. The number of ether oxygens (including phenoxy) is 1. The fourth-order valence-corrected chi connectivity index (χ4v) is 4.14. The zero-order valence-corrected chi connectivity index (χ0v) is 18.2. The summed E-state index contributed by atoms with van der Waals surface area (Å²) in [6.45, 7) is 2.78. The number of hydrogen-bond acceptors (Lipinski definition) is 5. The highest BCUT2D eigenvalue weighted by Gasteiger charge is 2.10. The summed E-state index contributed by atoms with van der Waals surface area (Å²) in [6.07, 6.45) is 7.34. The Hall–Kier alpha value is -4.00. The zero-order chi connectivity index (χ0) is 22.1. The lowest BCUT2D eigenvalue weighted by atomic mass is 10.1. The second-order valence-electron chi connectivity index (χ2n) is 8.04. The Balaban J connectivity index is 1.25. The molecule has 0 amide bonds. The van der Waals surface area contributed by atoms with Gasteiger partial charge in [-0.1, -0.05) is 6.07 Å². The van der Waals surface area contributed by atoms with E-state index in [0.717, 1.165) is 28.8 Å². The fraction of sp³-hybridized carbons (Fsp3) is 0.200. The van der Waals surface area contributed by atoms with E-state index in [0.29, 0.717) is 24.7 Å². The molecule has 0 unspecified atom stereocenters. The van der Waals surface area contributed by atoms with Gasteiger partial charge in [0.2, 0.25) is 5.95 Å². The average Bonchev–Trinajstić information content (AvgIpc) is 3.42. The number of methoxy groups -OCH3 is 1. The number of fused-ring (bicyclic) bond motifs is 2. The monoisotopic (exact) mass is 426 g/mol. The Labute approximate surface area is 186 Å². The molecule has 3 heterocycles. The standard InChI is InChI=1S/C25H26N6O/c1-15-9-20(32-2)12-21-18(13-29-23(15)21)6-8-28-25-30-14-19(24(26)31-25)11-16-3-4-22-17(10-16)5-7-27-22/h3-5,7,9-10,12-14,27,29H,6,8,11H2,1-2H3,(H3,26,28,30,31). The summed E-state index contributed by atoms with van der Waals surface area (Å²) in [6, 6.07) is 12.5. The van der Waals surface area contributed by atoms with Crippen LogP contribution in [-0.4, -0.2) is 33.6 Å². The minimum Gasteiger partial charge on any atom is -0.497 e. The van der Waals surface area contributed by atoms with E-state index in [1.54, 1.807) is 7.11 Å². The molecule has 32 heavy (non-hydrogen) atoms. The molecule has 0 aliphatic rings. The van der Waals surface area contributed by atoms with Gasteiger partial charge in [0.15, 0.2) is 0 Å². The lowest BCUT2D eigenvalue weighted by Crippen LogP contribution is -2.10. The highest BCUT2D eigenvalue weighted by Crippen LogP contribution is 2.27. The first-order valence-corrected chi connectivity index (χ1v) is 10.7. The minimum atomic E-state index is 0.504. The van der Waals surface area contributed by atoms with E-state index < -0.39 is 0 Å². The van der Waals surface area contributed by atoms with Crippen molar-refractivity contribution in [3.05, 3.63) is 77.2 Å². The van der Waals surface area contributed by atoms with Gasteiger partial charge in [0.25, 0.3) is 0 Å². The molecule has 3 aromatic heterocycles. The van der Waals surface area contributed by atoms with E-state index in [1.807, 2.05) is 18.5 Å². The van der Waals surface area contributed by atoms with Crippen LogP contribution in [0.4, 0.5) is 11.8 Å². The summed E-state index contributed by atoms with van der Waals surface area (Å²) >= 11 is 0. The number of rotatable bonds is 7. The highest BCUT2D eigenvalue weighted by molar-refractivity contribution is 5.87. The van der Waals surface area contributed by atoms with E-state index in [2.05, 4.69) is 68.7 Å². The van der Waals surface area contributed by atoms with E-state index >= 15 is 0 Å². The molecule has 5 N–H and O–H groups in total. The predicted octanol–water partition coefficient (Wildman–Crippen LogP) is 4.58. The summed E-state index contributed by atoms with van der Waals surface area (Å²) in [5.74, 6) is 1.91. The third-order valence-corrected chi connectivity index (χ3v) is 5.87. The summed E-state index contributed by atoms with van der Waals surface area (Å²) < 4.78 is 5.42. The number of H-pyrrole nitrogens is 2. The van der Waals surface area contributed by atoms with Crippen molar-refractivity contribution in [2.45, 2.75) is 19.8 Å². The van der Waals surface area contributed by atoms with Crippen LogP contribution >= 0.6 is 0 Å². The molecular weight excluding hydrogens is 400 g/mol. The summed E-state index contributed by atoms with van der Waals surface area (Å²) in [4.78, 5) is 15.5. The number of benzene rings is 2. The highest BCUT2D eigenvalue weighted by atomic mass is 16.5. The molecule has 0 radical (unpaired) electrons. The fourth-order valence-electron chi connectivity index (χ4n) is 4.14. The number of anilines is 2. The number of nitrogens with two attached hydrogens (primary N) is 1. The number of aryl methyl sites for hydroxylation is 1. The van der Waals surface area contributed by atoms with E-state index in [4.69, 9.17) is 10.5 Å². The van der Waals surface area contributed by atoms with Crippen molar-refractivity contribution in [1.82, 2.24) is 19.9 Å². The maximum Gasteiger partial charge on any atom is 0.224 e. The van der Waals surface area contributed by atoms with Gasteiger partial charge in [0, 0.05) is 53.5 Å². The van der Waals surface area contributed by atoms with Gasteiger partial charge in [-0.3, -0.25) is 0 Å². The summed E-state index contributed by atoms with van der Waals surface area (Å²) in [7, 11) is 1.69. The van der Waals surface area contributed by atoms with Crippen molar-refractivity contribution in [3.63, 3.8) is 0 Å². The predicted molar refractivity (Wildman–Crippen MR) is 129 cm³/mol. The molecule has 7 heteroatoms. The number of nitrogens with one attached hydrogen (secondary N) is 3. The second-order valence-corrected chi connectivity index (χ2v) is 8.04. The maximum atomic E-state index is 6.23. The summed E-state index contributed by atoms with van der Waals surface area (Å²) in [5.41, 5.74) is 13.0. The Morgan fingerprint density at radius 2 is 2.00 bits per heavy atom. The summed E-state index contributed by atoms with van der Waals surface area (Å²) in [5, 5.41) is 5.66. The normalized spacial score (nSPS) is 11.3. The number of hydrogen-bond donors (Lipinski definition) is 4. The van der Waals surface area contributed by atoms with Gasteiger partial charge in [-0.15, -0.1) is 0 Å². The van der Waals surface area contributed by atoms with Gasteiger partial charge in [0.05, 0.1) is 7.11 Å². The smallest absolute Gasteiger partial charge is 0.224 e. The Morgan fingerprint density at radius 3 is 2.84 bits per heavy atom. The topological polar surface area (TPSA) is 105 Å². The molecular formula is C25H26N6O. The molecule has 162 valence electrons. The first-order chi connectivity index (χ1) is 15.6. The van der Waals surface area contributed by atoms with Crippen molar-refractivity contribution in [2.75, 3.05) is 24.7 Å². The van der Waals surface area contributed by atoms with Crippen molar-refractivity contribution < 1.29 is 4.74 Å². The van der Waals surface area contributed by atoms with Crippen LogP contribution in [0.2, 0.25) is 0 Å². The molecule has 0 fully saturated rings. The van der Waals surface area contributed by atoms with Gasteiger partial charge in [0.1, 0.15) is 11.6 Å². The number of aromatic amines is 2. The zero-order valence-electron chi connectivity index (χ0n) is 18.2. The van der Waals surface area contributed by atoms with Gasteiger partial charge < -0.3 is 25.8 Å². The van der Waals surface area contributed by atoms with Gasteiger partial charge in [-0.2, -0.15) is 4.98 Å². The molecule has 0 spiro atoms. The molecule has 0 saturated heterocycles. The molecule has 2 aromatic carbocycles. The molecule has 0 saturated carbocycles. The lowest BCUT2D eigenvalue weighted by molar-refractivity contribution is 0.415. The molecule has 5 aromatic rings. The van der Waals surface area contributed by atoms with Crippen LogP contribution in [0.15, 0.2) is 55.0 Å². The van der Waals surface area contributed by atoms with Crippen molar-refractivity contribution in [3.8, 4) is 5.75 Å². The largest absolute Gasteiger partial charge is 0.497 e. The van der Waals surface area contributed by atoms with Crippen molar-refractivity contribution in [1.29, 1.82) is 0 Å². The van der Waals surface area contributed by atoms with Crippen LogP contribution in [-0.2, 0) is 12.8 Å². The molecule has 0 atom stereocenters.